The monoisotopic (exact) mass is 401 g/mol. The molecule has 2 aromatic rings. The molecule has 1 fully saturated rings. The number of carbonyl (C=O) groups is 2. The quantitative estimate of drug-likeness (QED) is 0.525. The number of carbonyl (C=O) groups excluding carboxylic acids is 1. The molecule has 0 saturated heterocycles. The highest BCUT2D eigenvalue weighted by Crippen LogP contribution is 2.27. The van der Waals surface area contributed by atoms with E-state index < -0.39 is 6.09 Å². The SMILES string of the molecule is COCCNC(=O)c1nc(N[C@H]2CCCC[C@H]2NC(=O)O)c2cc(C)ccc2n1. The van der Waals surface area contributed by atoms with Crippen molar-refractivity contribution in [2.24, 2.45) is 0 Å². The molecule has 0 aliphatic heterocycles. The van der Waals surface area contributed by atoms with Crippen molar-refractivity contribution in [2.75, 3.05) is 25.6 Å². The van der Waals surface area contributed by atoms with Crippen LogP contribution in [-0.2, 0) is 4.74 Å². The lowest BCUT2D eigenvalue weighted by Crippen LogP contribution is -2.48. The molecule has 1 saturated carbocycles. The molecule has 1 aliphatic rings. The van der Waals surface area contributed by atoms with Gasteiger partial charge in [-0.1, -0.05) is 24.5 Å². The van der Waals surface area contributed by atoms with Crippen LogP contribution in [0.2, 0.25) is 0 Å². The summed E-state index contributed by atoms with van der Waals surface area (Å²) >= 11 is 0. The van der Waals surface area contributed by atoms with E-state index in [2.05, 4.69) is 25.9 Å². The molecule has 1 heterocycles. The number of methoxy groups -OCH3 is 1. The molecule has 9 heteroatoms. The van der Waals surface area contributed by atoms with Gasteiger partial charge >= 0.3 is 6.09 Å². The number of benzene rings is 1. The Morgan fingerprint density at radius 2 is 1.97 bits per heavy atom. The average molecular weight is 401 g/mol. The highest BCUT2D eigenvalue weighted by atomic mass is 16.5. The van der Waals surface area contributed by atoms with Gasteiger partial charge in [-0.15, -0.1) is 0 Å². The minimum absolute atomic E-state index is 0.0681. The van der Waals surface area contributed by atoms with Crippen molar-refractivity contribution in [3.8, 4) is 0 Å². The van der Waals surface area contributed by atoms with Crippen molar-refractivity contribution in [3.05, 3.63) is 29.6 Å². The number of fused-ring (bicyclic) bond motifs is 1. The van der Waals surface area contributed by atoms with Crippen LogP contribution in [0.1, 0.15) is 41.9 Å². The van der Waals surface area contributed by atoms with Crippen LogP contribution in [0, 0.1) is 6.92 Å². The summed E-state index contributed by atoms with van der Waals surface area (Å²) in [6.45, 7) is 2.73. The van der Waals surface area contributed by atoms with Gasteiger partial charge in [-0.2, -0.15) is 0 Å². The zero-order valence-corrected chi connectivity index (χ0v) is 16.7. The minimum atomic E-state index is -1.04. The molecule has 9 nitrogen and oxygen atoms in total. The van der Waals surface area contributed by atoms with Crippen LogP contribution in [-0.4, -0.2) is 59.4 Å². The molecule has 156 valence electrons. The second kappa shape index (κ2) is 9.51. The Morgan fingerprint density at radius 3 is 2.69 bits per heavy atom. The number of amides is 2. The number of nitrogens with zero attached hydrogens (tertiary/aromatic N) is 2. The molecule has 0 spiro atoms. The first kappa shape index (κ1) is 20.8. The number of ether oxygens (including phenoxy) is 1. The van der Waals surface area contributed by atoms with Crippen molar-refractivity contribution < 1.29 is 19.4 Å². The fourth-order valence-corrected chi connectivity index (χ4v) is 3.61. The first-order valence-electron chi connectivity index (χ1n) is 9.79. The molecular weight excluding hydrogens is 374 g/mol. The number of aromatic nitrogens is 2. The first-order chi connectivity index (χ1) is 14.0. The molecule has 0 bridgehead atoms. The molecule has 0 unspecified atom stereocenters. The number of carboxylic acid groups (broad SMARTS) is 1. The molecule has 3 rings (SSSR count). The molecule has 4 N–H and O–H groups in total. The van der Waals surface area contributed by atoms with Crippen molar-refractivity contribution in [1.82, 2.24) is 20.6 Å². The van der Waals surface area contributed by atoms with Gasteiger partial charge in [0.05, 0.1) is 18.2 Å². The first-order valence-corrected chi connectivity index (χ1v) is 9.79. The van der Waals surface area contributed by atoms with Crippen molar-refractivity contribution in [2.45, 2.75) is 44.7 Å². The molecule has 29 heavy (non-hydrogen) atoms. The van der Waals surface area contributed by atoms with Gasteiger partial charge in [0.15, 0.2) is 0 Å². The maximum absolute atomic E-state index is 12.5. The summed E-state index contributed by atoms with van der Waals surface area (Å²) in [7, 11) is 1.56. The van der Waals surface area contributed by atoms with Gasteiger partial charge in [0.25, 0.3) is 5.91 Å². The van der Waals surface area contributed by atoms with E-state index in [9.17, 15) is 9.59 Å². The normalized spacial score (nSPS) is 19.0. The fraction of sp³-hybridized carbons (Fsp3) is 0.500. The van der Waals surface area contributed by atoms with Gasteiger partial charge < -0.3 is 25.8 Å². The van der Waals surface area contributed by atoms with Crippen LogP contribution in [0.15, 0.2) is 18.2 Å². The third kappa shape index (κ3) is 5.32. The van der Waals surface area contributed by atoms with Gasteiger partial charge in [-0.25, -0.2) is 14.8 Å². The number of nitrogens with one attached hydrogen (secondary N) is 3. The second-order valence-corrected chi connectivity index (χ2v) is 7.26. The second-order valence-electron chi connectivity index (χ2n) is 7.26. The van der Waals surface area contributed by atoms with Crippen LogP contribution in [0.4, 0.5) is 10.6 Å². The summed E-state index contributed by atoms with van der Waals surface area (Å²) < 4.78 is 4.96. The van der Waals surface area contributed by atoms with Gasteiger partial charge in [0.2, 0.25) is 5.82 Å². The van der Waals surface area contributed by atoms with Crippen LogP contribution < -0.4 is 16.0 Å². The third-order valence-electron chi connectivity index (χ3n) is 5.04. The zero-order chi connectivity index (χ0) is 20.8. The summed E-state index contributed by atoms with van der Waals surface area (Å²) in [5, 5.41) is 18.7. The van der Waals surface area contributed by atoms with Crippen LogP contribution in [0.5, 0.6) is 0 Å². The molecule has 1 aliphatic carbocycles. The Labute approximate surface area is 169 Å². The zero-order valence-electron chi connectivity index (χ0n) is 16.7. The summed E-state index contributed by atoms with van der Waals surface area (Å²) in [4.78, 5) is 32.5. The maximum atomic E-state index is 12.5. The maximum Gasteiger partial charge on any atom is 0.404 e. The van der Waals surface area contributed by atoms with Crippen LogP contribution in [0.3, 0.4) is 0 Å². The lowest BCUT2D eigenvalue weighted by molar-refractivity contribution is 0.0927. The lowest BCUT2D eigenvalue weighted by Gasteiger charge is -2.32. The van der Waals surface area contributed by atoms with Crippen LogP contribution >= 0.6 is 0 Å². The Kier molecular flexibility index (Phi) is 6.82. The van der Waals surface area contributed by atoms with Crippen molar-refractivity contribution in [1.29, 1.82) is 0 Å². The number of hydrogen-bond donors (Lipinski definition) is 4. The summed E-state index contributed by atoms with van der Waals surface area (Å²) in [5.41, 5.74) is 1.70. The van der Waals surface area contributed by atoms with E-state index in [1.165, 1.54) is 0 Å². The summed E-state index contributed by atoms with van der Waals surface area (Å²) in [6.07, 6.45) is 2.51. The van der Waals surface area contributed by atoms with E-state index in [4.69, 9.17) is 9.84 Å². The summed E-state index contributed by atoms with van der Waals surface area (Å²) in [5.74, 6) is 0.231. The van der Waals surface area contributed by atoms with Gasteiger partial charge in [0, 0.05) is 25.1 Å². The number of anilines is 1. The van der Waals surface area contributed by atoms with E-state index in [1.54, 1.807) is 7.11 Å². The summed E-state index contributed by atoms with van der Waals surface area (Å²) in [6, 6.07) is 5.43. The average Bonchev–Trinajstić information content (AvgIpc) is 2.69. The Morgan fingerprint density at radius 1 is 1.21 bits per heavy atom. The van der Waals surface area contributed by atoms with E-state index in [1.807, 2.05) is 25.1 Å². The third-order valence-corrected chi connectivity index (χ3v) is 5.04. The molecule has 1 aromatic carbocycles. The smallest absolute Gasteiger partial charge is 0.404 e. The van der Waals surface area contributed by atoms with E-state index in [0.29, 0.717) is 24.5 Å². The van der Waals surface area contributed by atoms with E-state index >= 15 is 0 Å². The Bertz CT molecular complexity index is 889. The number of hydrogen-bond acceptors (Lipinski definition) is 6. The highest BCUT2D eigenvalue weighted by molar-refractivity contribution is 5.96. The fourth-order valence-electron chi connectivity index (χ4n) is 3.61. The predicted octanol–water partition coefficient (Wildman–Crippen LogP) is 2.31. The van der Waals surface area contributed by atoms with E-state index in [0.717, 1.165) is 36.6 Å². The lowest BCUT2D eigenvalue weighted by atomic mass is 9.90. The Hall–Kier alpha value is -2.94. The van der Waals surface area contributed by atoms with Crippen LogP contribution in [0.25, 0.3) is 10.9 Å². The topological polar surface area (TPSA) is 125 Å². The molecule has 2 atom stereocenters. The minimum Gasteiger partial charge on any atom is -0.465 e. The number of aryl methyl sites for hydroxylation is 1. The molecule has 2 amide bonds. The largest absolute Gasteiger partial charge is 0.465 e. The predicted molar refractivity (Wildman–Crippen MR) is 109 cm³/mol. The van der Waals surface area contributed by atoms with E-state index in [-0.39, 0.29) is 23.8 Å². The van der Waals surface area contributed by atoms with Gasteiger partial charge in [-0.3, -0.25) is 4.79 Å². The molecular formula is C20H27N5O4. The highest BCUT2D eigenvalue weighted by Gasteiger charge is 2.27. The number of rotatable bonds is 7. The van der Waals surface area contributed by atoms with Crippen molar-refractivity contribution >= 4 is 28.7 Å². The van der Waals surface area contributed by atoms with Gasteiger partial charge in [0.1, 0.15) is 5.82 Å². The standard InChI is InChI=1S/C20H27N5O4/c1-12-7-8-14-13(11-12)17(25-18(22-14)19(26)21-9-10-29-2)23-15-5-3-4-6-16(15)24-20(27)28/h7-8,11,15-16,24H,3-6,9-10H2,1-2H3,(H,21,26)(H,27,28)(H,22,23,25)/t15-,16+/m0/s1. The Balaban J connectivity index is 1.92. The van der Waals surface area contributed by atoms with Gasteiger partial charge in [-0.05, 0) is 31.9 Å². The molecule has 0 radical (unpaired) electrons. The van der Waals surface area contributed by atoms with Crippen molar-refractivity contribution in [3.63, 3.8) is 0 Å². The molecule has 1 aromatic heterocycles.